The predicted octanol–water partition coefficient (Wildman–Crippen LogP) is 1.75. The van der Waals surface area contributed by atoms with Gasteiger partial charge in [-0.05, 0) is 13.8 Å². The molecule has 0 radical (unpaired) electrons. The van der Waals surface area contributed by atoms with Crippen LogP contribution < -0.4 is 0 Å². The molecule has 2 rings (SSSR count). The van der Waals surface area contributed by atoms with Gasteiger partial charge in [-0.15, -0.1) is 36.6 Å². The standard InChI is InChI=1S/C18H24N2O6S.2ClH/c1-9-17(25)13(5-23)11(3-21)15(19-9)7-27-8-16-12(4-22)14(6-24)18(26)10(2)20-16;;/h21-26H,3-8H2,1-2H3;2*1H. The molecule has 0 aliphatic rings. The van der Waals surface area contributed by atoms with Gasteiger partial charge in [0, 0.05) is 33.8 Å². The summed E-state index contributed by atoms with van der Waals surface area (Å²) in [6.45, 7) is 1.70. The van der Waals surface area contributed by atoms with Crippen molar-refractivity contribution in [3.05, 3.63) is 45.0 Å². The van der Waals surface area contributed by atoms with Crippen molar-refractivity contribution >= 4 is 36.6 Å². The summed E-state index contributed by atoms with van der Waals surface area (Å²) in [6, 6.07) is 0. The molecule has 0 spiro atoms. The number of nitrogens with zero attached hydrogens (tertiary/aromatic N) is 2. The molecule has 11 heteroatoms. The first-order chi connectivity index (χ1) is 12.9. The lowest BCUT2D eigenvalue weighted by Crippen LogP contribution is -2.07. The highest BCUT2D eigenvalue weighted by molar-refractivity contribution is 7.97. The van der Waals surface area contributed by atoms with Crippen molar-refractivity contribution < 1.29 is 30.6 Å². The van der Waals surface area contributed by atoms with Crippen LogP contribution in [-0.2, 0) is 37.9 Å². The molecule has 0 amide bonds. The number of aromatic nitrogens is 2. The van der Waals surface area contributed by atoms with E-state index in [4.69, 9.17) is 0 Å². The molecule has 0 aliphatic heterocycles. The van der Waals surface area contributed by atoms with E-state index < -0.39 is 13.2 Å². The Labute approximate surface area is 185 Å². The lowest BCUT2D eigenvalue weighted by molar-refractivity contribution is 0.253. The third kappa shape index (κ3) is 5.85. The number of thioether (sulfide) groups is 1. The number of hydrogen-bond donors (Lipinski definition) is 6. The second kappa shape index (κ2) is 12.4. The van der Waals surface area contributed by atoms with Crippen LogP contribution in [-0.4, -0.2) is 40.6 Å². The van der Waals surface area contributed by atoms with E-state index in [1.54, 1.807) is 13.8 Å². The monoisotopic (exact) mass is 468 g/mol. The quantitative estimate of drug-likeness (QED) is 0.340. The Bertz CT molecular complexity index is 771. The van der Waals surface area contributed by atoms with Gasteiger partial charge < -0.3 is 30.6 Å². The molecular formula is C18H26Cl2N2O6S. The Balaban J connectivity index is 0.00000392. The van der Waals surface area contributed by atoms with Crippen LogP contribution >= 0.6 is 36.6 Å². The van der Waals surface area contributed by atoms with Crippen LogP contribution in [0.4, 0.5) is 0 Å². The van der Waals surface area contributed by atoms with Crippen LogP contribution in [0.15, 0.2) is 0 Å². The van der Waals surface area contributed by atoms with Crippen LogP contribution in [0.5, 0.6) is 11.5 Å². The highest BCUT2D eigenvalue weighted by Crippen LogP contribution is 2.32. The normalized spacial score (nSPS) is 10.4. The van der Waals surface area contributed by atoms with Crippen molar-refractivity contribution in [1.82, 2.24) is 9.97 Å². The van der Waals surface area contributed by atoms with Crippen molar-refractivity contribution in [2.75, 3.05) is 0 Å². The Kier molecular flexibility index (Phi) is 11.8. The predicted molar refractivity (Wildman–Crippen MR) is 114 cm³/mol. The zero-order valence-corrected chi connectivity index (χ0v) is 18.5. The van der Waals surface area contributed by atoms with Gasteiger partial charge in [0.25, 0.3) is 0 Å². The van der Waals surface area contributed by atoms with E-state index in [9.17, 15) is 30.6 Å². The summed E-state index contributed by atoms with van der Waals surface area (Å²) in [5, 5.41) is 58.2. The molecule has 0 fully saturated rings. The van der Waals surface area contributed by atoms with Crippen molar-refractivity contribution in [2.24, 2.45) is 0 Å². The smallest absolute Gasteiger partial charge is 0.142 e. The summed E-state index contributed by atoms with van der Waals surface area (Å²) in [5.74, 6) is 0.512. The number of hydrogen-bond acceptors (Lipinski definition) is 9. The fraction of sp³-hybridized carbons (Fsp3) is 0.444. The molecule has 0 saturated heterocycles. The molecule has 0 unspecified atom stereocenters. The van der Waals surface area contributed by atoms with E-state index in [-0.39, 0.29) is 60.7 Å². The maximum Gasteiger partial charge on any atom is 0.142 e. The van der Waals surface area contributed by atoms with Crippen molar-refractivity contribution in [3.8, 4) is 11.5 Å². The molecule has 164 valence electrons. The second-order valence-electron chi connectivity index (χ2n) is 6.02. The molecule has 0 saturated carbocycles. The summed E-state index contributed by atoms with van der Waals surface area (Å²) in [7, 11) is 0. The summed E-state index contributed by atoms with van der Waals surface area (Å²) >= 11 is 1.41. The van der Waals surface area contributed by atoms with Crippen LogP contribution in [0.1, 0.15) is 45.0 Å². The van der Waals surface area contributed by atoms with E-state index >= 15 is 0 Å². The summed E-state index contributed by atoms with van der Waals surface area (Å²) in [5.41, 5.74) is 3.13. The van der Waals surface area contributed by atoms with Gasteiger partial charge in [0.05, 0.1) is 49.2 Å². The van der Waals surface area contributed by atoms with Gasteiger partial charge in [-0.1, -0.05) is 0 Å². The molecule has 8 nitrogen and oxygen atoms in total. The average Bonchev–Trinajstić information content (AvgIpc) is 2.66. The Morgan fingerprint density at radius 1 is 0.621 bits per heavy atom. The lowest BCUT2D eigenvalue weighted by Gasteiger charge is -2.16. The van der Waals surface area contributed by atoms with Crippen LogP contribution in [0.2, 0.25) is 0 Å². The minimum atomic E-state index is -0.407. The van der Waals surface area contributed by atoms with Crippen molar-refractivity contribution in [2.45, 2.75) is 51.8 Å². The third-order valence-corrected chi connectivity index (χ3v) is 5.35. The molecule has 0 aromatic carbocycles. The highest BCUT2D eigenvalue weighted by atomic mass is 35.5. The number of aliphatic hydroxyl groups is 4. The lowest BCUT2D eigenvalue weighted by atomic mass is 10.1. The number of aromatic hydroxyl groups is 2. The average molecular weight is 469 g/mol. The topological polar surface area (TPSA) is 147 Å². The van der Waals surface area contributed by atoms with Crippen LogP contribution in [0.25, 0.3) is 0 Å². The van der Waals surface area contributed by atoms with E-state index in [1.165, 1.54) is 11.8 Å². The molecule has 0 atom stereocenters. The van der Waals surface area contributed by atoms with Crippen LogP contribution in [0.3, 0.4) is 0 Å². The number of rotatable bonds is 8. The minimum absolute atomic E-state index is 0. The van der Waals surface area contributed by atoms with Gasteiger partial charge in [0.2, 0.25) is 0 Å². The molecule has 2 heterocycles. The van der Waals surface area contributed by atoms with Gasteiger partial charge in [-0.3, -0.25) is 9.97 Å². The number of aryl methyl sites for hydroxylation is 2. The van der Waals surface area contributed by atoms with Gasteiger partial charge in [-0.2, -0.15) is 0 Å². The Morgan fingerprint density at radius 2 is 0.931 bits per heavy atom. The SMILES string of the molecule is Cc1nc(CSCc2nc(C)c(O)c(CO)c2CO)c(CO)c(CO)c1O.Cl.Cl. The Morgan fingerprint density at radius 3 is 1.21 bits per heavy atom. The molecular weight excluding hydrogens is 443 g/mol. The summed E-state index contributed by atoms with van der Waals surface area (Å²) in [6.07, 6.45) is 0. The van der Waals surface area contributed by atoms with Gasteiger partial charge in [0.15, 0.2) is 0 Å². The Hall–Kier alpha value is -1.33. The maximum absolute atomic E-state index is 9.99. The number of pyridine rings is 2. The fourth-order valence-electron chi connectivity index (χ4n) is 2.91. The van der Waals surface area contributed by atoms with E-state index in [1.807, 2.05) is 0 Å². The van der Waals surface area contributed by atoms with E-state index in [2.05, 4.69) is 9.97 Å². The number of aliphatic hydroxyl groups excluding tert-OH is 4. The van der Waals surface area contributed by atoms with Crippen LogP contribution in [0, 0.1) is 13.8 Å². The largest absolute Gasteiger partial charge is 0.506 e. The zero-order valence-electron chi connectivity index (χ0n) is 16.0. The highest BCUT2D eigenvalue weighted by Gasteiger charge is 2.18. The van der Waals surface area contributed by atoms with Crippen molar-refractivity contribution in [1.29, 1.82) is 0 Å². The van der Waals surface area contributed by atoms with Gasteiger partial charge in [-0.25, -0.2) is 0 Å². The maximum atomic E-state index is 9.99. The molecule has 0 bridgehead atoms. The zero-order chi connectivity index (χ0) is 20.1. The van der Waals surface area contributed by atoms with Gasteiger partial charge >= 0.3 is 0 Å². The molecule has 29 heavy (non-hydrogen) atoms. The van der Waals surface area contributed by atoms with E-state index in [0.29, 0.717) is 45.4 Å². The molecule has 2 aromatic heterocycles. The first kappa shape index (κ1) is 27.7. The van der Waals surface area contributed by atoms with Crippen molar-refractivity contribution in [3.63, 3.8) is 0 Å². The molecule has 2 aromatic rings. The summed E-state index contributed by atoms with van der Waals surface area (Å²) < 4.78 is 0. The molecule has 6 N–H and O–H groups in total. The fourth-order valence-corrected chi connectivity index (χ4v) is 3.88. The van der Waals surface area contributed by atoms with Gasteiger partial charge in [0.1, 0.15) is 11.5 Å². The third-order valence-electron chi connectivity index (χ3n) is 4.40. The summed E-state index contributed by atoms with van der Waals surface area (Å²) in [4.78, 5) is 8.60. The minimum Gasteiger partial charge on any atom is -0.506 e. The number of halogens is 2. The first-order valence-corrected chi connectivity index (χ1v) is 9.46. The van der Waals surface area contributed by atoms with E-state index in [0.717, 1.165) is 0 Å². The second-order valence-corrected chi connectivity index (χ2v) is 7.01. The molecule has 0 aliphatic carbocycles. The first-order valence-electron chi connectivity index (χ1n) is 8.31.